The van der Waals surface area contributed by atoms with Crippen molar-refractivity contribution < 1.29 is 9.18 Å². The molecule has 1 atom stereocenters. The van der Waals surface area contributed by atoms with E-state index in [-0.39, 0.29) is 11.8 Å². The fraction of sp³-hybridized carbons (Fsp3) is 0.333. The largest absolute Gasteiger partial charge is 0.355 e. The number of rotatable bonds is 1. The molecule has 0 aliphatic carbocycles. The topological polar surface area (TPSA) is 42.0 Å². The van der Waals surface area contributed by atoms with Gasteiger partial charge in [0, 0.05) is 30.6 Å². The molecule has 1 fully saturated rings. The molecule has 13 heavy (non-hydrogen) atoms. The average molecular weight is 180 g/mol. The Balaban J connectivity index is 2.26. The van der Waals surface area contributed by atoms with Crippen LogP contribution in [0.2, 0.25) is 0 Å². The van der Waals surface area contributed by atoms with Gasteiger partial charge in [-0.3, -0.25) is 4.79 Å². The van der Waals surface area contributed by atoms with E-state index in [0.717, 1.165) is 0 Å². The van der Waals surface area contributed by atoms with Gasteiger partial charge < -0.3 is 5.32 Å². The van der Waals surface area contributed by atoms with Crippen molar-refractivity contribution in [1.82, 2.24) is 10.3 Å². The van der Waals surface area contributed by atoms with E-state index in [9.17, 15) is 9.18 Å². The molecular formula is C9H9FN2O. The van der Waals surface area contributed by atoms with Gasteiger partial charge in [-0.05, 0) is 6.07 Å². The second-order valence-electron chi connectivity index (χ2n) is 3.09. The van der Waals surface area contributed by atoms with Crippen molar-refractivity contribution >= 4 is 5.91 Å². The van der Waals surface area contributed by atoms with Crippen LogP contribution in [0.3, 0.4) is 0 Å². The van der Waals surface area contributed by atoms with Crippen molar-refractivity contribution in [3.05, 3.63) is 29.8 Å². The molecule has 1 N–H and O–H groups in total. The lowest BCUT2D eigenvalue weighted by molar-refractivity contribution is -0.119. The molecule has 1 saturated heterocycles. The molecule has 0 aromatic carbocycles. The number of aromatic nitrogens is 1. The molecule has 4 heteroatoms. The minimum Gasteiger partial charge on any atom is -0.355 e. The SMILES string of the molecule is O=C1CC(c2cccnc2F)CN1. The molecule has 1 aliphatic heterocycles. The first kappa shape index (κ1) is 8.16. The number of nitrogens with zero attached hydrogens (tertiary/aromatic N) is 1. The van der Waals surface area contributed by atoms with Gasteiger partial charge in [0.15, 0.2) is 0 Å². The number of hydrogen-bond acceptors (Lipinski definition) is 2. The first-order chi connectivity index (χ1) is 6.27. The normalized spacial score (nSPS) is 21.6. The molecular weight excluding hydrogens is 171 g/mol. The zero-order valence-corrected chi connectivity index (χ0v) is 6.96. The first-order valence-corrected chi connectivity index (χ1v) is 4.14. The van der Waals surface area contributed by atoms with Gasteiger partial charge in [0.25, 0.3) is 0 Å². The first-order valence-electron chi connectivity index (χ1n) is 4.14. The fourth-order valence-corrected chi connectivity index (χ4v) is 1.53. The van der Waals surface area contributed by atoms with Crippen LogP contribution in [0.25, 0.3) is 0 Å². The lowest BCUT2D eigenvalue weighted by Crippen LogP contribution is -2.13. The van der Waals surface area contributed by atoms with E-state index in [4.69, 9.17) is 0 Å². The zero-order chi connectivity index (χ0) is 9.26. The van der Waals surface area contributed by atoms with E-state index in [1.807, 2.05) is 0 Å². The van der Waals surface area contributed by atoms with Crippen LogP contribution in [-0.4, -0.2) is 17.4 Å². The highest BCUT2D eigenvalue weighted by Crippen LogP contribution is 2.23. The molecule has 0 radical (unpaired) electrons. The predicted octanol–water partition coefficient (Wildman–Crippen LogP) is 0.824. The van der Waals surface area contributed by atoms with E-state index in [0.29, 0.717) is 18.5 Å². The van der Waals surface area contributed by atoms with Crippen LogP contribution in [0.1, 0.15) is 17.9 Å². The smallest absolute Gasteiger partial charge is 0.220 e. The number of pyridine rings is 1. The van der Waals surface area contributed by atoms with Gasteiger partial charge in [-0.1, -0.05) is 6.07 Å². The highest BCUT2D eigenvalue weighted by atomic mass is 19.1. The predicted molar refractivity (Wildman–Crippen MR) is 44.6 cm³/mol. The van der Waals surface area contributed by atoms with E-state index >= 15 is 0 Å². The van der Waals surface area contributed by atoms with Gasteiger partial charge >= 0.3 is 0 Å². The zero-order valence-electron chi connectivity index (χ0n) is 6.96. The summed E-state index contributed by atoms with van der Waals surface area (Å²) in [6.07, 6.45) is 1.77. The third-order valence-corrected chi connectivity index (χ3v) is 2.21. The van der Waals surface area contributed by atoms with E-state index in [1.54, 1.807) is 12.1 Å². The van der Waals surface area contributed by atoms with Crippen LogP contribution in [0.5, 0.6) is 0 Å². The monoisotopic (exact) mass is 180 g/mol. The minimum absolute atomic E-state index is 0.0201. The summed E-state index contributed by atoms with van der Waals surface area (Å²) < 4.78 is 13.1. The van der Waals surface area contributed by atoms with Gasteiger partial charge in [0.2, 0.25) is 11.9 Å². The average Bonchev–Trinajstić information content (AvgIpc) is 2.53. The second-order valence-corrected chi connectivity index (χ2v) is 3.09. The van der Waals surface area contributed by atoms with Crippen molar-refractivity contribution in [2.45, 2.75) is 12.3 Å². The van der Waals surface area contributed by atoms with Crippen molar-refractivity contribution in [2.24, 2.45) is 0 Å². The summed E-state index contributed by atoms with van der Waals surface area (Å²) in [7, 11) is 0. The third kappa shape index (κ3) is 1.52. The van der Waals surface area contributed by atoms with Crippen molar-refractivity contribution in [1.29, 1.82) is 0 Å². The summed E-state index contributed by atoms with van der Waals surface area (Å²) in [6, 6.07) is 3.36. The lowest BCUT2D eigenvalue weighted by atomic mass is 10.00. The summed E-state index contributed by atoms with van der Waals surface area (Å²) in [4.78, 5) is 14.4. The van der Waals surface area contributed by atoms with Crippen molar-refractivity contribution in [3.63, 3.8) is 0 Å². The molecule has 0 saturated carbocycles. The molecule has 1 aromatic rings. The van der Waals surface area contributed by atoms with Gasteiger partial charge in [-0.2, -0.15) is 4.39 Å². The number of hydrogen-bond donors (Lipinski definition) is 1. The van der Waals surface area contributed by atoms with Gasteiger partial charge in [-0.25, -0.2) is 4.98 Å². The molecule has 1 aliphatic rings. The van der Waals surface area contributed by atoms with Crippen LogP contribution >= 0.6 is 0 Å². The maximum atomic E-state index is 13.1. The summed E-state index contributed by atoms with van der Waals surface area (Å²) in [5.74, 6) is -0.543. The number of amides is 1. The van der Waals surface area contributed by atoms with Gasteiger partial charge in [0.1, 0.15) is 0 Å². The van der Waals surface area contributed by atoms with E-state index in [1.165, 1.54) is 6.20 Å². The molecule has 1 amide bonds. The van der Waals surface area contributed by atoms with Gasteiger partial charge in [-0.15, -0.1) is 0 Å². The Morgan fingerprint density at radius 2 is 2.46 bits per heavy atom. The molecule has 1 aromatic heterocycles. The van der Waals surface area contributed by atoms with Crippen LogP contribution < -0.4 is 5.32 Å². The summed E-state index contributed by atoms with van der Waals surface area (Å²) in [6.45, 7) is 0.515. The Kier molecular flexibility index (Phi) is 1.96. The summed E-state index contributed by atoms with van der Waals surface area (Å²) >= 11 is 0. The highest BCUT2D eigenvalue weighted by molar-refractivity contribution is 5.79. The maximum absolute atomic E-state index is 13.1. The van der Waals surface area contributed by atoms with E-state index in [2.05, 4.69) is 10.3 Å². The standard InChI is InChI=1S/C9H9FN2O/c10-9-7(2-1-3-11-9)6-4-8(13)12-5-6/h1-3,6H,4-5H2,(H,12,13). The van der Waals surface area contributed by atoms with Crippen LogP contribution in [0.4, 0.5) is 4.39 Å². The minimum atomic E-state index is -0.469. The molecule has 68 valence electrons. The Morgan fingerprint density at radius 1 is 1.62 bits per heavy atom. The molecule has 0 spiro atoms. The number of carbonyl (C=O) groups excluding carboxylic acids is 1. The number of carbonyl (C=O) groups is 1. The molecule has 2 heterocycles. The van der Waals surface area contributed by atoms with Gasteiger partial charge in [0.05, 0.1) is 0 Å². The van der Waals surface area contributed by atoms with Crippen LogP contribution in [0.15, 0.2) is 18.3 Å². The Morgan fingerprint density at radius 3 is 3.08 bits per heavy atom. The van der Waals surface area contributed by atoms with Crippen molar-refractivity contribution in [2.75, 3.05) is 6.54 Å². The lowest BCUT2D eigenvalue weighted by Gasteiger charge is -2.06. The number of nitrogens with one attached hydrogen (secondary N) is 1. The molecule has 0 bridgehead atoms. The van der Waals surface area contributed by atoms with E-state index < -0.39 is 5.95 Å². The maximum Gasteiger partial charge on any atom is 0.220 e. The van der Waals surface area contributed by atoms with Crippen LogP contribution in [0, 0.1) is 5.95 Å². The summed E-state index contributed by atoms with van der Waals surface area (Å²) in [5, 5.41) is 2.66. The van der Waals surface area contributed by atoms with Crippen LogP contribution in [-0.2, 0) is 4.79 Å². The third-order valence-electron chi connectivity index (χ3n) is 2.21. The Labute approximate surface area is 75.0 Å². The quantitative estimate of drug-likeness (QED) is 0.650. The van der Waals surface area contributed by atoms with Crippen molar-refractivity contribution in [3.8, 4) is 0 Å². The highest BCUT2D eigenvalue weighted by Gasteiger charge is 2.25. The fourth-order valence-electron chi connectivity index (χ4n) is 1.53. The summed E-state index contributed by atoms with van der Waals surface area (Å²) in [5.41, 5.74) is 0.529. The molecule has 2 rings (SSSR count). The molecule has 1 unspecified atom stereocenters. The Bertz CT molecular complexity index is 340. The number of halogens is 1. The molecule has 3 nitrogen and oxygen atoms in total. The Hall–Kier alpha value is -1.45. The second kappa shape index (κ2) is 3.12.